The van der Waals surface area contributed by atoms with Crippen LogP contribution in [0.25, 0.3) is 0 Å². The molecule has 0 radical (unpaired) electrons. The lowest BCUT2D eigenvalue weighted by molar-refractivity contribution is -0.136. The van der Waals surface area contributed by atoms with Gasteiger partial charge in [-0.15, -0.1) is 0 Å². The van der Waals surface area contributed by atoms with Gasteiger partial charge >= 0.3 is 0 Å². The van der Waals surface area contributed by atoms with E-state index in [0.29, 0.717) is 11.4 Å². The fourth-order valence-corrected chi connectivity index (χ4v) is 1.83. The van der Waals surface area contributed by atoms with Gasteiger partial charge in [-0.1, -0.05) is 12.1 Å². The van der Waals surface area contributed by atoms with Gasteiger partial charge in [-0.05, 0) is 55.8 Å². The van der Waals surface area contributed by atoms with Crippen molar-refractivity contribution in [3.05, 3.63) is 59.9 Å². The minimum absolute atomic E-state index is 0.234. The molecule has 2 aromatic carbocycles. The van der Waals surface area contributed by atoms with Crippen molar-refractivity contribution in [1.82, 2.24) is 0 Å². The molecule has 2 aromatic rings. The zero-order chi connectivity index (χ0) is 17.7. The standard InChI is InChI=1S/C18H19FN2O3/c1-18(2,16(20)22)17(23)21-14-6-8-15(9-7-14)24-11-12-4-3-5-13(19)10-12/h3-10H,11H2,1-2H3,(H2,20,22)(H,21,23). The number of hydrogen-bond donors (Lipinski definition) is 2. The number of anilines is 1. The van der Waals surface area contributed by atoms with Crippen LogP contribution in [0.2, 0.25) is 0 Å². The van der Waals surface area contributed by atoms with E-state index in [4.69, 9.17) is 10.5 Å². The van der Waals surface area contributed by atoms with Crippen LogP contribution in [0.1, 0.15) is 19.4 Å². The van der Waals surface area contributed by atoms with Gasteiger partial charge in [-0.2, -0.15) is 0 Å². The SMILES string of the molecule is CC(C)(C(N)=O)C(=O)Nc1ccc(OCc2cccc(F)c2)cc1. The molecule has 24 heavy (non-hydrogen) atoms. The van der Waals surface area contributed by atoms with Crippen LogP contribution in [0.4, 0.5) is 10.1 Å². The van der Waals surface area contributed by atoms with Crippen LogP contribution in [0.3, 0.4) is 0 Å². The first-order valence-corrected chi connectivity index (χ1v) is 7.37. The minimum atomic E-state index is -1.30. The summed E-state index contributed by atoms with van der Waals surface area (Å²) in [7, 11) is 0. The molecule has 5 nitrogen and oxygen atoms in total. The van der Waals surface area contributed by atoms with Crippen molar-refractivity contribution in [3.8, 4) is 5.75 Å². The molecule has 0 saturated carbocycles. The Balaban J connectivity index is 1.96. The third-order valence-corrected chi connectivity index (χ3v) is 3.59. The highest BCUT2D eigenvalue weighted by Crippen LogP contribution is 2.21. The van der Waals surface area contributed by atoms with E-state index >= 15 is 0 Å². The van der Waals surface area contributed by atoms with Gasteiger partial charge in [0.1, 0.15) is 23.6 Å². The minimum Gasteiger partial charge on any atom is -0.489 e. The smallest absolute Gasteiger partial charge is 0.239 e. The third kappa shape index (κ3) is 4.32. The molecule has 3 N–H and O–H groups in total. The Bertz CT molecular complexity index is 742. The summed E-state index contributed by atoms with van der Waals surface area (Å²) in [6.07, 6.45) is 0. The molecular weight excluding hydrogens is 311 g/mol. The number of nitrogens with one attached hydrogen (secondary N) is 1. The van der Waals surface area contributed by atoms with E-state index in [1.54, 1.807) is 36.4 Å². The summed E-state index contributed by atoms with van der Waals surface area (Å²) in [5, 5.41) is 2.63. The topological polar surface area (TPSA) is 81.4 Å². The van der Waals surface area contributed by atoms with E-state index in [2.05, 4.69) is 5.32 Å². The number of primary amides is 1. The molecule has 0 heterocycles. The fourth-order valence-electron chi connectivity index (χ4n) is 1.83. The Labute approximate surface area is 139 Å². The molecule has 2 rings (SSSR count). The van der Waals surface area contributed by atoms with Crippen molar-refractivity contribution in [2.24, 2.45) is 11.1 Å². The number of rotatable bonds is 6. The number of amides is 2. The molecule has 0 bridgehead atoms. The summed E-state index contributed by atoms with van der Waals surface area (Å²) in [6.45, 7) is 3.15. The Kier molecular flexibility index (Phi) is 5.18. The molecular formula is C18H19FN2O3. The van der Waals surface area contributed by atoms with Crippen molar-refractivity contribution in [2.45, 2.75) is 20.5 Å². The number of carbonyl (C=O) groups excluding carboxylic acids is 2. The normalized spacial score (nSPS) is 11.0. The number of carbonyl (C=O) groups is 2. The molecule has 0 aliphatic rings. The number of hydrogen-bond acceptors (Lipinski definition) is 3. The summed E-state index contributed by atoms with van der Waals surface area (Å²) < 4.78 is 18.7. The lowest BCUT2D eigenvalue weighted by Crippen LogP contribution is -2.42. The van der Waals surface area contributed by atoms with E-state index in [-0.39, 0.29) is 12.4 Å². The Hall–Kier alpha value is -2.89. The van der Waals surface area contributed by atoms with Crippen molar-refractivity contribution < 1.29 is 18.7 Å². The first-order chi connectivity index (χ1) is 11.3. The quantitative estimate of drug-likeness (QED) is 0.799. The zero-order valence-electron chi connectivity index (χ0n) is 13.5. The molecule has 0 saturated heterocycles. The number of ether oxygens (including phenoxy) is 1. The van der Waals surface area contributed by atoms with Crippen molar-refractivity contribution >= 4 is 17.5 Å². The summed E-state index contributed by atoms with van der Waals surface area (Å²) >= 11 is 0. The summed E-state index contributed by atoms with van der Waals surface area (Å²) in [4.78, 5) is 23.3. The molecule has 0 unspecified atom stereocenters. The van der Waals surface area contributed by atoms with Crippen LogP contribution < -0.4 is 15.8 Å². The summed E-state index contributed by atoms with van der Waals surface area (Å²) in [5.74, 6) is -0.920. The summed E-state index contributed by atoms with van der Waals surface area (Å²) in [5.41, 5.74) is 5.15. The average molecular weight is 330 g/mol. The molecule has 6 heteroatoms. The molecule has 0 aliphatic heterocycles. The maximum Gasteiger partial charge on any atom is 0.239 e. The van der Waals surface area contributed by atoms with Gasteiger partial charge in [0, 0.05) is 5.69 Å². The van der Waals surface area contributed by atoms with Crippen molar-refractivity contribution in [2.75, 3.05) is 5.32 Å². The molecule has 0 spiro atoms. The van der Waals surface area contributed by atoms with Crippen LogP contribution in [0.5, 0.6) is 5.75 Å². The van der Waals surface area contributed by atoms with Crippen LogP contribution >= 0.6 is 0 Å². The van der Waals surface area contributed by atoms with Gasteiger partial charge in [0.25, 0.3) is 0 Å². The monoisotopic (exact) mass is 330 g/mol. The molecule has 0 aliphatic carbocycles. The van der Waals surface area contributed by atoms with Crippen molar-refractivity contribution in [1.29, 1.82) is 0 Å². The van der Waals surface area contributed by atoms with Gasteiger partial charge in [-0.3, -0.25) is 9.59 Å². The van der Waals surface area contributed by atoms with Crippen LogP contribution in [-0.2, 0) is 16.2 Å². The van der Waals surface area contributed by atoms with E-state index in [0.717, 1.165) is 5.56 Å². The number of benzene rings is 2. The Morgan fingerprint density at radius 1 is 1.17 bits per heavy atom. The lowest BCUT2D eigenvalue weighted by atomic mass is 9.91. The van der Waals surface area contributed by atoms with Crippen LogP contribution in [0.15, 0.2) is 48.5 Å². The maximum absolute atomic E-state index is 13.1. The van der Waals surface area contributed by atoms with Crippen LogP contribution in [-0.4, -0.2) is 11.8 Å². The molecule has 2 amide bonds. The molecule has 0 atom stereocenters. The van der Waals surface area contributed by atoms with E-state index in [9.17, 15) is 14.0 Å². The summed E-state index contributed by atoms with van der Waals surface area (Å²) in [6, 6.07) is 12.8. The first kappa shape index (κ1) is 17.5. The Morgan fingerprint density at radius 2 is 1.83 bits per heavy atom. The van der Waals surface area contributed by atoms with E-state index in [1.165, 1.54) is 26.0 Å². The van der Waals surface area contributed by atoms with Crippen molar-refractivity contribution in [3.63, 3.8) is 0 Å². The average Bonchev–Trinajstić information content (AvgIpc) is 2.54. The van der Waals surface area contributed by atoms with Crippen LogP contribution in [0, 0.1) is 11.2 Å². The molecule has 0 aromatic heterocycles. The number of halogens is 1. The second-order valence-corrected chi connectivity index (χ2v) is 5.89. The fraction of sp³-hybridized carbons (Fsp3) is 0.222. The first-order valence-electron chi connectivity index (χ1n) is 7.37. The number of nitrogens with two attached hydrogens (primary N) is 1. The maximum atomic E-state index is 13.1. The van der Waals surface area contributed by atoms with Gasteiger partial charge in [0.2, 0.25) is 11.8 Å². The highest BCUT2D eigenvalue weighted by atomic mass is 19.1. The lowest BCUT2D eigenvalue weighted by Gasteiger charge is -2.19. The largest absolute Gasteiger partial charge is 0.489 e. The van der Waals surface area contributed by atoms with Gasteiger partial charge < -0.3 is 15.8 Å². The highest BCUT2D eigenvalue weighted by Gasteiger charge is 2.33. The van der Waals surface area contributed by atoms with E-state index < -0.39 is 17.2 Å². The second-order valence-electron chi connectivity index (χ2n) is 5.89. The van der Waals surface area contributed by atoms with Gasteiger partial charge in [0.15, 0.2) is 0 Å². The predicted octanol–water partition coefficient (Wildman–Crippen LogP) is 2.85. The zero-order valence-corrected chi connectivity index (χ0v) is 13.5. The second kappa shape index (κ2) is 7.12. The molecule has 0 fully saturated rings. The molecule has 126 valence electrons. The highest BCUT2D eigenvalue weighted by molar-refractivity contribution is 6.09. The van der Waals surface area contributed by atoms with E-state index in [1.807, 2.05) is 0 Å². The van der Waals surface area contributed by atoms with Gasteiger partial charge in [-0.25, -0.2) is 4.39 Å². The van der Waals surface area contributed by atoms with Gasteiger partial charge in [0.05, 0.1) is 0 Å². The third-order valence-electron chi connectivity index (χ3n) is 3.59. The predicted molar refractivity (Wildman–Crippen MR) is 88.8 cm³/mol. The Morgan fingerprint density at radius 3 is 2.42 bits per heavy atom.